The van der Waals surface area contributed by atoms with Crippen molar-refractivity contribution in [2.75, 3.05) is 39.5 Å². The summed E-state index contributed by atoms with van der Waals surface area (Å²) in [5.41, 5.74) is 12.7. The van der Waals surface area contributed by atoms with Crippen molar-refractivity contribution in [1.29, 1.82) is 0 Å². The minimum Gasteiger partial charge on any atom is -0.507 e. The molecule has 2 bridgehead atoms. The lowest BCUT2D eigenvalue weighted by molar-refractivity contribution is -0.114. The molecule has 3 aromatic rings. The van der Waals surface area contributed by atoms with Crippen LogP contribution in [0.2, 0.25) is 0 Å². The summed E-state index contributed by atoms with van der Waals surface area (Å²) in [5.74, 6) is 0.382. The number of nitrogens with zero attached hydrogens (tertiary/aromatic N) is 3. The molecule has 10 unspecified atom stereocenters. The van der Waals surface area contributed by atoms with Crippen molar-refractivity contribution in [2.45, 2.75) is 142 Å². The summed E-state index contributed by atoms with van der Waals surface area (Å²) in [6, 6.07) is 13.7. The third kappa shape index (κ3) is 19.7. The number of aliphatic hydroxyl groups excluding tert-OH is 13. The molecule has 0 radical (unpaired) electrons. The summed E-state index contributed by atoms with van der Waals surface area (Å²) in [6.07, 6.45) is -12.8. The predicted molar refractivity (Wildman–Crippen MR) is 242 cm³/mol. The standard InChI is InChI=1S/C34H49N5O7.C6H14O5.C4H10O3.CH4/c1-21-9-23(13-35)31(43)25(11-21)16-38-7-4-8-39(19-28-6-3-5-27(18-38)37-28)17-26-12-22(2)10-24(32(26)44)14-36-15-29(41)33(45)34(46)30(42)20-40;1-3(8)5(10)6(11)4(9)2-7;1-3(6)4(7)2-5;/h3,5-6,9-12,29-30,33-34,36,40-46H,4,7-8,13-20,35H2,1-2H3;3-11H,2H2,1H3;3-7H,2H2,1H3;1H4. The van der Waals surface area contributed by atoms with Crippen molar-refractivity contribution in [3.8, 4) is 11.5 Å². The number of aliphatic hydroxyl groups is 13. The number of aryl methyl sites for hydroxylation is 2. The summed E-state index contributed by atoms with van der Waals surface area (Å²) in [6.45, 7) is 9.06. The molecule has 20 heteroatoms. The first-order valence-corrected chi connectivity index (χ1v) is 21.2. The minimum absolute atomic E-state index is 0. The summed E-state index contributed by atoms with van der Waals surface area (Å²) < 4.78 is 0. The van der Waals surface area contributed by atoms with Gasteiger partial charge in [-0.15, -0.1) is 0 Å². The first kappa shape index (κ1) is 59.5. The highest BCUT2D eigenvalue weighted by atomic mass is 16.4. The molecule has 0 aliphatic carbocycles. The van der Waals surface area contributed by atoms with Gasteiger partial charge >= 0.3 is 0 Å². The largest absolute Gasteiger partial charge is 0.507 e. The van der Waals surface area contributed by atoms with E-state index in [-0.39, 0.29) is 45.2 Å². The van der Waals surface area contributed by atoms with Gasteiger partial charge in [-0.2, -0.15) is 0 Å². The lowest BCUT2D eigenvalue weighted by atomic mass is 10.0. The Morgan fingerprint density at radius 3 is 1.43 bits per heavy atom. The third-order valence-corrected chi connectivity index (χ3v) is 10.6. The van der Waals surface area contributed by atoms with Crippen LogP contribution in [0.1, 0.15) is 72.5 Å². The van der Waals surface area contributed by atoms with Crippen molar-refractivity contribution in [1.82, 2.24) is 20.1 Å². The fourth-order valence-corrected chi connectivity index (χ4v) is 6.80. The molecule has 0 saturated heterocycles. The molecular formula is C45H77N5O15. The van der Waals surface area contributed by atoms with Crippen molar-refractivity contribution in [2.24, 2.45) is 5.73 Å². The van der Waals surface area contributed by atoms with Crippen LogP contribution in [-0.2, 0) is 39.3 Å². The molecule has 0 spiro atoms. The molecule has 65 heavy (non-hydrogen) atoms. The van der Waals surface area contributed by atoms with Gasteiger partial charge in [-0.25, -0.2) is 0 Å². The number of phenols is 2. The van der Waals surface area contributed by atoms with Gasteiger partial charge < -0.3 is 87.6 Å². The second kappa shape index (κ2) is 30.0. The number of aromatic hydroxyl groups is 2. The molecule has 0 amide bonds. The van der Waals surface area contributed by atoms with Crippen LogP contribution in [0.4, 0.5) is 0 Å². The van der Waals surface area contributed by atoms with Gasteiger partial charge in [-0.1, -0.05) is 48.9 Å². The molecule has 0 fully saturated rings. The average molecular weight is 928 g/mol. The number of rotatable bonds is 19. The number of phenolic OH excluding ortho intramolecular Hbond substituents is 2. The van der Waals surface area contributed by atoms with E-state index in [1.807, 2.05) is 56.3 Å². The molecule has 0 saturated carbocycles. The molecule has 2 heterocycles. The van der Waals surface area contributed by atoms with E-state index in [4.69, 9.17) is 56.7 Å². The zero-order valence-corrected chi connectivity index (χ0v) is 37.1. The van der Waals surface area contributed by atoms with Gasteiger partial charge in [-0.05, 0) is 46.2 Å². The fraction of sp³-hybridized carbons (Fsp3) is 0.622. The smallest absolute Gasteiger partial charge is 0.124 e. The maximum atomic E-state index is 11.2. The zero-order valence-electron chi connectivity index (χ0n) is 37.1. The zero-order chi connectivity index (χ0) is 48.3. The highest BCUT2D eigenvalue weighted by molar-refractivity contribution is 5.44. The summed E-state index contributed by atoms with van der Waals surface area (Å²) in [7, 11) is 0. The van der Waals surface area contributed by atoms with Crippen LogP contribution in [0.15, 0.2) is 42.5 Å². The maximum absolute atomic E-state index is 11.2. The van der Waals surface area contributed by atoms with Crippen molar-refractivity contribution in [3.63, 3.8) is 0 Å². The highest BCUT2D eigenvalue weighted by Gasteiger charge is 2.30. The Labute approximate surface area is 381 Å². The molecule has 4 rings (SSSR count). The van der Waals surface area contributed by atoms with Crippen LogP contribution in [-0.4, -0.2) is 192 Å². The van der Waals surface area contributed by atoms with Crippen molar-refractivity contribution < 1.29 is 76.6 Å². The molecule has 10 atom stereocenters. The van der Waals surface area contributed by atoms with E-state index in [0.717, 1.165) is 58.7 Å². The van der Waals surface area contributed by atoms with E-state index in [2.05, 4.69) is 15.1 Å². The van der Waals surface area contributed by atoms with Gasteiger partial charge in [-0.3, -0.25) is 14.8 Å². The van der Waals surface area contributed by atoms with Crippen LogP contribution in [0, 0.1) is 13.8 Å². The molecular weight excluding hydrogens is 851 g/mol. The van der Waals surface area contributed by atoms with Gasteiger partial charge in [0.25, 0.3) is 0 Å². The number of fused-ring (bicyclic) bond motifs is 2. The van der Waals surface area contributed by atoms with Gasteiger partial charge in [0.2, 0.25) is 0 Å². The Balaban J connectivity index is 0.000000932. The maximum Gasteiger partial charge on any atom is 0.124 e. The van der Waals surface area contributed by atoms with E-state index < -0.39 is 74.3 Å². The highest BCUT2D eigenvalue weighted by Crippen LogP contribution is 2.29. The van der Waals surface area contributed by atoms with Crippen molar-refractivity contribution >= 4 is 0 Å². The molecule has 1 aliphatic rings. The first-order chi connectivity index (χ1) is 30.2. The van der Waals surface area contributed by atoms with Gasteiger partial charge in [0.15, 0.2) is 0 Å². The molecule has 372 valence electrons. The molecule has 18 N–H and O–H groups in total. The normalized spacial score (nSPS) is 18.1. The van der Waals surface area contributed by atoms with E-state index in [9.17, 15) is 30.6 Å². The Bertz CT molecular complexity index is 1790. The Morgan fingerprint density at radius 2 is 1.02 bits per heavy atom. The lowest BCUT2D eigenvalue weighted by Gasteiger charge is -2.29. The van der Waals surface area contributed by atoms with Crippen LogP contribution in [0.5, 0.6) is 11.5 Å². The minimum atomic E-state index is -1.70. The Hall–Kier alpha value is -3.49. The topological polar surface area (TPSA) is 361 Å². The number of nitrogens with one attached hydrogen (secondary N) is 1. The summed E-state index contributed by atoms with van der Waals surface area (Å²) in [5, 5.41) is 142. The molecule has 1 aliphatic heterocycles. The fourth-order valence-electron chi connectivity index (χ4n) is 6.80. The number of hydrogen-bond acceptors (Lipinski definition) is 20. The molecule has 1 aromatic heterocycles. The number of aromatic nitrogens is 1. The SMILES string of the molecule is C.CC(O)C(O)C(O)C(O)CO.CC(O)C(O)CO.Cc1cc(CN)c(O)c(CN2CCCN(Cc3cc(C)cc(CNCC(O)C(O)C(O)C(O)CO)c3O)Cc3cccc(n3)C2)c1. The number of hydrogen-bond donors (Lipinski definition) is 17. The van der Waals surface area contributed by atoms with Crippen molar-refractivity contribution in [3.05, 3.63) is 87.2 Å². The number of benzene rings is 2. The number of nitrogens with two attached hydrogens (primary N) is 1. The van der Waals surface area contributed by atoms with E-state index in [1.54, 1.807) is 0 Å². The molecule has 20 nitrogen and oxygen atoms in total. The lowest BCUT2D eigenvalue weighted by Crippen LogP contribution is -2.48. The second-order valence-electron chi connectivity index (χ2n) is 16.4. The van der Waals surface area contributed by atoms with E-state index >= 15 is 0 Å². The van der Waals surface area contributed by atoms with Crippen LogP contribution >= 0.6 is 0 Å². The predicted octanol–water partition coefficient (Wildman–Crippen LogP) is -2.70. The third-order valence-electron chi connectivity index (χ3n) is 10.6. The number of pyridine rings is 1. The van der Waals surface area contributed by atoms with Gasteiger partial charge in [0.05, 0.1) is 49.5 Å². The second-order valence-corrected chi connectivity index (χ2v) is 16.4. The van der Waals surface area contributed by atoms with E-state index in [0.29, 0.717) is 31.7 Å². The molecule has 2 aromatic carbocycles. The van der Waals surface area contributed by atoms with Crippen LogP contribution < -0.4 is 11.1 Å². The van der Waals surface area contributed by atoms with Gasteiger partial charge in [0, 0.05) is 81.2 Å². The quantitative estimate of drug-likeness (QED) is 0.0582. The van der Waals surface area contributed by atoms with E-state index in [1.165, 1.54) is 13.8 Å². The average Bonchev–Trinajstić information content (AvgIpc) is 3.26. The van der Waals surface area contributed by atoms with Crippen LogP contribution in [0.25, 0.3) is 0 Å². The monoisotopic (exact) mass is 928 g/mol. The Morgan fingerprint density at radius 1 is 0.600 bits per heavy atom. The summed E-state index contributed by atoms with van der Waals surface area (Å²) >= 11 is 0. The summed E-state index contributed by atoms with van der Waals surface area (Å²) in [4.78, 5) is 9.46. The first-order valence-electron chi connectivity index (χ1n) is 21.2. The Kier molecular flexibility index (Phi) is 27.5. The van der Waals surface area contributed by atoms with Crippen LogP contribution in [0.3, 0.4) is 0 Å². The van der Waals surface area contributed by atoms with Gasteiger partial charge in [0.1, 0.15) is 54.2 Å².